The molecule has 94 valence electrons. The van der Waals surface area contributed by atoms with E-state index in [1.54, 1.807) is 7.11 Å². The second-order valence-corrected chi connectivity index (χ2v) is 4.47. The lowest BCUT2D eigenvalue weighted by Crippen LogP contribution is -2.46. The molecule has 0 heterocycles. The van der Waals surface area contributed by atoms with E-state index >= 15 is 0 Å². The molecule has 0 aliphatic heterocycles. The fourth-order valence-electron chi connectivity index (χ4n) is 2.05. The lowest BCUT2D eigenvalue weighted by molar-refractivity contribution is -0.136. The van der Waals surface area contributed by atoms with Gasteiger partial charge in [0.25, 0.3) is 0 Å². The number of carbonyl (C=O) groups excluding carboxylic acids is 1. The van der Waals surface area contributed by atoms with Crippen LogP contribution in [-0.4, -0.2) is 31.8 Å². The Morgan fingerprint density at radius 2 is 2.00 bits per heavy atom. The highest BCUT2D eigenvalue weighted by Crippen LogP contribution is 2.28. The maximum Gasteiger partial charge on any atom is 0.245 e. The zero-order valence-electron chi connectivity index (χ0n) is 9.96. The summed E-state index contributed by atoms with van der Waals surface area (Å²) in [4.78, 5) is 16.5. The molecular formula is C11H22N2O3. The van der Waals surface area contributed by atoms with E-state index in [1.165, 1.54) is 6.42 Å². The monoisotopic (exact) mass is 230 g/mol. The Hall–Kier alpha value is -0.650. The van der Waals surface area contributed by atoms with Crippen LogP contribution in [0.4, 0.5) is 0 Å². The first-order valence-electron chi connectivity index (χ1n) is 5.85. The lowest BCUT2D eigenvalue weighted by Gasteiger charge is -2.32. The summed E-state index contributed by atoms with van der Waals surface area (Å²) < 4.78 is 4.79. The molecule has 1 fully saturated rings. The van der Waals surface area contributed by atoms with Crippen molar-refractivity contribution < 1.29 is 14.4 Å². The first-order valence-corrected chi connectivity index (χ1v) is 5.85. The minimum absolute atomic E-state index is 0.138. The summed E-state index contributed by atoms with van der Waals surface area (Å²) in [6.45, 7) is 0.827. The van der Waals surface area contributed by atoms with Crippen LogP contribution in [0.5, 0.6) is 0 Å². The smallest absolute Gasteiger partial charge is 0.245 e. The Morgan fingerprint density at radius 3 is 2.62 bits per heavy atom. The molecule has 1 aliphatic carbocycles. The second-order valence-electron chi connectivity index (χ2n) is 4.47. The Bertz CT molecular complexity index is 215. The predicted molar refractivity (Wildman–Crippen MR) is 60.6 cm³/mol. The molecule has 1 aliphatic rings. The molecule has 1 saturated carbocycles. The zero-order chi connectivity index (χ0) is 11.9. The van der Waals surface area contributed by atoms with E-state index in [0.29, 0.717) is 19.6 Å². The van der Waals surface area contributed by atoms with E-state index in [-0.39, 0.29) is 11.4 Å². The normalized spacial score (nSPS) is 19.4. The number of rotatable bonds is 6. The van der Waals surface area contributed by atoms with Gasteiger partial charge in [-0.15, -0.1) is 0 Å². The molecular weight excluding hydrogens is 208 g/mol. The number of carbonyl (C=O) groups is 1. The van der Waals surface area contributed by atoms with E-state index in [1.807, 2.05) is 0 Å². The highest BCUT2D eigenvalue weighted by molar-refractivity contribution is 5.76. The van der Waals surface area contributed by atoms with Crippen LogP contribution >= 0.6 is 0 Å². The Kier molecular flexibility index (Phi) is 5.73. The summed E-state index contributed by atoms with van der Waals surface area (Å²) in [5.74, 6) is -0.138. The van der Waals surface area contributed by atoms with Crippen molar-refractivity contribution in [1.82, 2.24) is 5.48 Å². The van der Waals surface area contributed by atoms with E-state index in [4.69, 9.17) is 15.3 Å². The van der Waals surface area contributed by atoms with Gasteiger partial charge in [-0.2, -0.15) is 0 Å². The van der Waals surface area contributed by atoms with Gasteiger partial charge >= 0.3 is 0 Å². The van der Waals surface area contributed by atoms with Crippen LogP contribution in [0.25, 0.3) is 0 Å². The molecule has 0 bridgehead atoms. The third-order valence-electron chi connectivity index (χ3n) is 2.94. The third-order valence-corrected chi connectivity index (χ3v) is 2.94. The van der Waals surface area contributed by atoms with Crippen molar-refractivity contribution in [2.45, 2.75) is 44.1 Å². The lowest BCUT2D eigenvalue weighted by atomic mass is 9.80. The first-order chi connectivity index (χ1) is 7.66. The molecule has 5 heteroatoms. The van der Waals surface area contributed by atoms with Gasteiger partial charge in [0.2, 0.25) is 5.91 Å². The van der Waals surface area contributed by atoms with Gasteiger partial charge in [-0.05, 0) is 12.8 Å². The van der Waals surface area contributed by atoms with Crippen molar-refractivity contribution in [1.29, 1.82) is 0 Å². The minimum atomic E-state index is -0.326. The molecule has 16 heavy (non-hydrogen) atoms. The summed E-state index contributed by atoms with van der Waals surface area (Å²) in [6.07, 6.45) is 5.67. The molecule has 3 N–H and O–H groups in total. The molecule has 0 saturated heterocycles. The Labute approximate surface area is 96.6 Å². The van der Waals surface area contributed by atoms with Crippen molar-refractivity contribution in [2.75, 3.05) is 20.3 Å². The van der Waals surface area contributed by atoms with Crippen molar-refractivity contribution in [3.8, 4) is 0 Å². The topological polar surface area (TPSA) is 73.6 Å². The van der Waals surface area contributed by atoms with Crippen molar-refractivity contribution in [3.05, 3.63) is 0 Å². The van der Waals surface area contributed by atoms with E-state index in [9.17, 15) is 4.79 Å². The minimum Gasteiger partial charge on any atom is -0.382 e. The van der Waals surface area contributed by atoms with Gasteiger partial charge in [0.1, 0.15) is 0 Å². The molecule has 0 aromatic carbocycles. The first kappa shape index (κ1) is 13.4. The van der Waals surface area contributed by atoms with Crippen LogP contribution in [0.15, 0.2) is 0 Å². The number of hydrogen-bond acceptors (Lipinski definition) is 4. The highest BCUT2D eigenvalue weighted by atomic mass is 16.7. The summed E-state index contributed by atoms with van der Waals surface area (Å²) in [7, 11) is 1.59. The molecule has 1 rings (SSSR count). The van der Waals surface area contributed by atoms with Gasteiger partial charge in [-0.3, -0.25) is 9.63 Å². The largest absolute Gasteiger partial charge is 0.382 e. The number of hydroxylamine groups is 1. The van der Waals surface area contributed by atoms with Gasteiger partial charge in [0.15, 0.2) is 0 Å². The zero-order valence-corrected chi connectivity index (χ0v) is 9.96. The maximum atomic E-state index is 11.5. The van der Waals surface area contributed by atoms with Crippen LogP contribution in [0.1, 0.15) is 38.5 Å². The molecule has 0 unspecified atom stereocenters. The number of amides is 1. The molecule has 0 radical (unpaired) electrons. The van der Waals surface area contributed by atoms with Gasteiger partial charge in [0.05, 0.1) is 13.2 Å². The highest BCUT2D eigenvalue weighted by Gasteiger charge is 2.29. The van der Waals surface area contributed by atoms with Crippen LogP contribution in [-0.2, 0) is 14.4 Å². The second kappa shape index (κ2) is 6.83. The van der Waals surface area contributed by atoms with Crippen LogP contribution in [0.3, 0.4) is 0 Å². The number of hydrogen-bond donors (Lipinski definition) is 2. The average Bonchev–Trinajstić information content (AvgIpc) is 2.25. The van der Waals surface area contributed by atoms with E-state index in [0.717, 1.165) is 25.7 Å². The SMILES string of the molecule is COCCONC(=O)CC1(N)CCCCC1. The summed E-state index contributed by atoms with van der Waals surface area (Å²) in [5, 5.41) is 0. The van der Waals surface area contributed by atoms with E-state index < -0.39 is 0 Å². The summed E-state index contributed by atoms with van der Waals surface area (Å²) in [6, 6.07) is 0. The number of nitrogens with two attached hydrogens (primary N) is 1. The molecule has 1 amide bonds. The van der Waals surface area contributed by atoms with Gasteiger partial charge < -0.3 is 10.5 Å². The number of methoxy groups -OCH3 is 1. The Balaban J connectivity index is 2.17. The molecule has 5 nitrogen and oxygen atoms in total. The van der Waals surface area contributed by atoms with Crippen molar-refractivity contribution in [2.24, 2.45) is 5.73 Å². The summed E-state index contributed by atoms with van der Waals surface area (Å²) >= 11 is 0. The van der Waals surface area contributed by atoms with Gasteiger partial charge in [-0.25, -0.2) is 5.48 Å². The number of ether oxygens (including phenoxy) is 1. The average molecular weight is 230 g/mol. The van der Waals surface area contributed by atoms with Crippen LogP contribution in [0.2, 0.25) is 0 Å². The molecule has 0 atom stereocenters. The molecule has 0 aromatic rings. The van der Waals surface area contributed by atoms with Crippen molar-refractivity contribution >= 4 is 5.91 Å². The molecule has 0 aromatic heterocycles. The van der Waals surface area contributed by atoms with Crippen LogP contribution < -0.4 is 11.2 Å². The fraction of sp³-hybridized carbons (Fsp3) is 0.909. The van der Waals surface area contributed by atoms with E-state index in [2.05, 4.69) is 5.48 Å². The van der Waals surface area contributed by atoms with Crippen LogP contribution in [0, 0.1) is 0 Å². The number of nitrogens with one attached hydrogen (secondary N) is 1. The fourth-order valence-corrected chi connectivity index (χ4v) is 2.05. The third kappa shape index (κ3) is 4.92. The Morgan fingerprint density at radius 1 is 1.31 bits per heavy atom. The van der Waals surface area contributed by atoms with Gasteiger partial charge in [0, 0.05) is 19.1 Å². The van der Waals surface area contributed by atoms with Crippen molar-refractivity contribution in [3.63, 3.8) is 0 Å². The maximum absolute atomic E-state index is 11.5. The standard InChI is InChI=1S/C11H22N2O3/c1-15-7-8-16-13-10(14)9-11(12)5-3-2-4-6-11/h2-9,12H2,1H3,(H,13,14). The quantitative estimate of drug-likeness (QED) is 0.521. The summed E-state index contributed by atoms with van der Waals surface area (Å²) in [5.41, 5.74) is 8.21. The predicted octanol–water partition coefficient (Wildman–Crippen LogP) is 0.732. The van der Waals surface area contributed by atoms with Gasteiger partial charge in [-0.1, -0.05) is 19.3 Å². The molecule has 0 spiro atoms.